The van der Waals surface area contributed by atoms with Crippen molar-refractivity contribution in [1.29, 1.82) is 0 Å². The third-order valence-corrected chi connectivity index (χ3v) is 4.13. The lowest BCUT2D eigenvalue weighted by Gasteiger charge is -2.06. The van der Waals surface area contributed by atoms with Crippen LogP contribution in [0.25, 0.3) is 0 Å². The van der Waals surface area contributed by atoms with Crippen molar-refractivity contribution in [2.24, 2.45) is 0 Å². The summed E-state index contributed by atoms with van der Waals surface area (Å²) in [5.41, 5.74) is 0.790. The summed E-state index contributed by atoms with van der Waals surface area (Å²) in [4.78, 5) is 11.7. The van der Waals surface area contributed by atoms with Crippen molar-refractivity contribution in [3.05, 3.63) is 63.9 Å². The summed E-state index contributed by atoms with van der Waals surface area (Å²) in [7, 11) is 0. The van der Waals surface area contributed by atoms with Crippen molar-refractivity contribution in [3.8, 4) is 0 Å². The number of carbonyl (C=O) groups is 1. The van der Waals surface area contributed by atoms with Gasteiger partial charge in [0.25, 0.3) is 0 Å². The molecule has 0 fully saturated rings. The van der Waals surface area contributed by atoms with Gasteiger partial charge in [-0.2, -0.15) is 0 Å². The molecule has 0 heterocycles. The molecule has 0 aliphatic heterocycles. The van der Waals surface area contributed by atoms with E-state index in [4.69, 9.17) is 5.11 Å². The van der Waals surface area contributed by atoms with Crippen molar-refractivity contribution in [2.45, 2.75) is 10.6 Å². The Bertz CT molecular complexity index is 616. The molecule has 0 saturated heterocycles. The van der Waals surface area contributed by atoms with E-state index in [1.807, 2.05) is 0 Å². The maximum Gasteiger partial charge on any atom is 0.336 e. The third kappa shape index (κ3) is 3.58. The van der Waals surface area contributed by atoms with Gasteiger partial charge in [-0.05, 0) is 29.8 Å². The number of carboxylic acids is 1. The van der Waals surface area contributed by atoms with E-state index in [0.29, 0.717) is 20.7 Å². The molecule has 0 amide bonds. The SMILES string of the molecule is O=C(O)c1ccccc1SCc1ccc(Br)cc1F. The van der Waals surface area contributed by atoms with Crippen LogP contribution in [0.1, 0.15) is 15.9 Å². The van der Waals surface area contributed by atoms with Crippen LogP contribution in [0.2, 0.25) is 0 Å². The Kier molecular flexibility index (Phi) is 4.61. The van der Waals surface area contributed by atoms with Gasteiger partial charge in [-0.3, -0.25) is 0 Å². The molecule has 0 aromatic heterocycles. The summed E-state index contributed by atoms with van der Waals surface area (Å²) in [5.74, 6) is -0.877. The van der Waals surface area contributed by atoms with E-state index in [1.165, 1.54) is 17.8 Å². The molecule has 2 aromatic carbocycles. The smallest absolute Gasteiger partial charge is 0.336 e. The van der Waals surface area contributed by atoms with E-state index in [-0.39, 0.29) is 11.4 Å². The van der Waals surface area contributed by atoms with Crippen LogP contribution in [0.15, 0.2) is 51.8 Å². The largest absolute Gasteiger partial charge is 0.478 e. The van der Waals surface area contributed by atoms with E-state index >= 15 is 0 Å². The standard InChI is InChI=1S/C14H10BrFO2S/c15-10-6-5-9(12(16)7-10)8-19-13-4-2-1-3-11(13)14(17)18/h1-7H,8H2,(H,17,18). The van der Waals surface area contributed by atoms with E-state index in [2.05, 4.69) is 15.9 Å². The van der Waals surface area contributed by atoms with Crippen LogP contribution in [0, 0.1) is 5.82 Å². The molecule has 1 N–H and O–H groups in total. The number of hydrogen-bond donors (Lipinski definition) is 1. The minimum absolute atomic E-state index is 0.241. The molecule has 2 aromatic rings. The van der Waals surface area contributed by atoms with Crippen molar-refractivity contribution in [1.82, 2.24) is 0 Å². The molecule has 98 valence electrons. The number of carboxylic acid groups (broad SMARTS) is 1. The molecule has 0 atom stereocenters. The number of thioether (sulfide) groups is 1. The van der Waals surface area contributed by atoms with Gasteiger partial charge < -0.3 is 5.11 Å². The second-order valence-corrected chi connectivity index (χ2v) is 5.76. The zero-order chi connectivity index (χ0) is 13.8. The molecule has 0 radical (unpaired) electrons. The predicted molar refractivity (Wildman–Crippen MR) is 77.1 cm³/mol. The van der Waals surface area contributed by atoms with Crippen molar-refractivity contribution in [2.75, 3.05) is 0 Å². The maximum absolute atomic E-state index is 13.7. The molecule has 0 aliphatic carbocycles. The monoisotopic (exact) mass is 340 g/mol. The topological polar surface area (TPSA) is 37.3 Å². The van der Waals surface area contributed by atoms with E-state index < -0.39 is 5.97 Å². The fraction of sp³-hybridized carbons (Fsp3) is 0.0714. The molecule has 0 aliphatic rings. The molecule has 0 spiro atoms. The highest BCUT2D eigenvalue weighted by molar-refractivity contribution is 9.10. The predicted octanol–water partition coefficient (Wildman–Crippen LogP) is 4.58. The summed E-state index contributed by atoms with van der Waals surface area (Å²) in [5, 5.41) is 9.06. The van der Waals surface area contributed by atoms with Crippen LogP contribution in [-0.2, 0) is 5.75 Å². The third-order valence-electron chi connectivity index (χ3n) is 2.52. The average molecular weight is 341 g/mol. The van der Waals surface area contributed by atoms with Crippen LogP contribution in [0.4, 0.5) is 4.39 Å². The van der Waals surface area contributed by atoms with Crippen LogP contribution in [0.5, 0.6) is 0 Å². The minimum Gasteiger partial charge on any atom is -0.478 e. The minimum atomic E-state index is -0.973. The first kappa shape index (κ1) is 14.1. The highest BCUT2D eigenvalue weighted by Gasteiger charge is 2.10. The fourth-order valence-corrected chi connectivity index (χ4v) is 2.93. The Hall–Kier alpha value is -1.33. The molecule has 5 heteroatoms. The Morgan fingerprint density at radius 3 is 2.68 bits per heavy atom. The highest BCUT2D eigenvalue weighted by Crippen LogP contribution is 2.28. The van der Waals surface area contributed by atoms with E-state index in [9.17, 15) is 9.18 Å². The first-order valence-electron chi connectivity index (χ1n) is 5.47. The van der Waals surface area contributed by atoms with Gasteiger partial charge in [0.05, 0.1) is 5.56 Å². The van der Waals surface area contributed by atoms with Crippen LogP contribution < -0.4 is 0 Å². The van der Waals surface area contributed by atoms with Gasteiger partial charge in [0, 0.05) is 15.1 Å². The second-order valence-electron chi connectivity index (χ2n) is 3.83. The van der Waals surface area contributed by atoms with E-state index in [0.717, 1.165) is 0 Å². The van der Waals surface area contributed by atoms with Crippen molar-refractivity contribution >= 4 is 33.7 Å². The first-order valence-corrected chi connectivity index (χ1v) is 7.25. The quantitative estimate of drug-likeness (QED) is 0.827. The normalized spacial score (nSPS) is 10.4. The summed E-state index contributed by atoms with van der Waals surface area (Å²) in [6.07, 6.45) is 0. The summed E-state index contributed by atoms with van der Waals surface area (Å²) in [6.45, 7) is 0. The van der Waals surface area contributed by atoms with Crippen LogP contribution >= 0.6 is 27.7 Å². The maximum atomic E-state index is 13.7. The number of rotatable bonds is 4. The Balaban J connectivity index is 2.17. The zero-order valence-corrected chi connectivity index (χ0v) is 12.2. The van der Waals surface area contributed by atoms with Crippen LogP contribution in [-0.4, -0.2) is 11.1 Å². The van der Waals surface area contributed by atoms with Crippen LogP contribution in [0.3, 0.4) is 0 Å². The van der Waals surface area contributed by atoms with Gasteiger partial charge in [-0.1, -0.05) is 34.1 Å². The van der Waals surface area contributed by atoms with Gasteiger partial charge in [0.1, 0.15) is 5.82 Å². The number of hydrogen-bond acceptors (Lipinski definition) is 2. The molecular weight excluding hydrogens is 331 g/mol. The second kappa shape index (κ2) is 6.21. The molecule has 2 rings (SSSR count). The van der Waals surface area contributed by atoms with Gasteiger partial charge >= 0.3 is 5.97 Å². The zero-order valence-electron chi connectivity index (χ0n) is 9.77. The lowest BCUT2D eigenvalue weighted by molar-refractivity contribution is 0.0693. The highest BCUT2D eigenvalue weighted by atomic mass is 79.9. The van der Waals surface area contributed by atoms with Gasteiger partial charge in [0.15, 0.2) is 0 Å². The first-order chi connectivity index (χ1) is 9.08. The average Bonchev–Trinajstić information content (AvgIpc) is 2.38. The Morgan fingerprint density at radius 2 is 2.00 bits per heavy atom. The lowest BCUT2D eigenvalue weighted by Crippen LogP contribution is -1.98. The molecular formula is C14H10BrFO2S. The summed E-state index contributed by atoms with van der Waals surface area (Å²) < 4.78 is 14.3. The molecule has 2 nitrogen and oxygen atoms in total. The fourth-order valence-electron chi connectivity index (χ4n) is 1.56. The van der Waals surface area contributed by atoms with Gasteiger partial charge in [-0.25, -0.2) is 9.18 Å². The van der Waals surface area contributed by atoms with Gasteiger partial charge in [-0.15, -0.1) is 11.8 Å². The lowest BCUT2D eigenvalue weighted by atomic mass is 10.2. The molecule has 0 saturated carbocycles. The Morgan fingerprint density at radius 1 is 1.26 bits per heavy atom. The molecule has 0 bridgehead atoms. The van der Waals surface area contributed by atoms with Gasteiger partial charge in [0.2, 0.25) is 0 Å². The van der Waals surface area contributed by atoms with E-state index in [1.54, 1.807) is 36.4 Å². The molecule has 0 unspecified atom stereocenters. The molecule has 19 heavy (non-hydrogen) atoms. The number of halogens is 2. The number of aromatic carboxylic acids is 1. The summed E-state index contributed by atoms with van der Waals surface area (Å²) in [6, 6.07) is 11.6. The van der Waals surface area contributed by atoms with Crippen molar-refractivity contribution < 1.29 is 14.3 Å². The van der Waals surface area contributed by atoms with Crippen molar-refractivity contribution in [3.63, 3.8) is 0 Å². The summed E-state index contributed by atoms with van der Waals surface area (Å²) >= 11 is 4.51. The number of benzene rings is 2. The Labute approximate surface area is 122 Å².